The largest absolute Gasteiger partial charge is 0.480 e. The van der Waals surface area contributed by atoms with E-state index in [2.05, 4.69) is 10.6 Å². The molecule has 0 aliphatic carbocycles. The molecule has 0 spiro atoms. The molecule has 3 unspecified atom stereocenters. The second kappa shape index (κ2) is 6.95. The molecule has 5 N–H and O–H groups in total. The van der Waals surface area contributed by atoms with Gasteiger partial charge >= 0.3 is 5.97 Å². The van der Waals surface area contributed by atoms with Crippen LogP contribution >= 0.6 is 0 Å². The zero-order chi connectivity index (χ0) is 14.5. The van der Waals surface area contributed by atoms with Gasteiger partial charge in [0, 0.05) is 0 Å². The lowest BCUT2D eigenvalue weighted by molar-refractivity contribution is -0.141. The standard InChI is InChI=1S/C11H21N3O4/c1-5(2)8(12)10(16)13-6(3)9(15)14-7(4)11(17)18/h5-8H,12H2,1-4H3,(H,13,16)(H,14,15)(H,17,18). The van der Waals surface area contributed by atoms with Gasteiger partial charge in [0.2, 0.25) is 11.8 Å². The number of amides is 2. The molecule has 0 rings (SSSR count). The van der Waals surface area contributed by atoms with Gasteiger partial charge < -0.3 is 21.5 Å². The zero-order valence-corrected chi connectivity index (χ0v) is 11.1. The number of carbonyl (C=O) groups is 3. The van der Waals surface area contributed by atoms with E-state index < -0.39 is 35.9 Å². The Morgan fingerprint density at radius 2 is 1.39 bits per heavy atom. The molecule has 0 fully saturated rings. The van der Waals surface area contributed by atoms with Crippen molar-refractivity contribution < 1.29 is 19.5 Å². The maximum Gasteiger partial charge on any atom is 0.325 e. The van der Waals surface area contributed by atoms with Gasteiger partial charge in [-0.1, -0.05) is 13.8 Å². The van der Waals surface area contributed by atoms with Crippen molar-refractivity contribution in [1.82, 2.24) is 10.6 Å². The summed E-state index contributed by atoms with van der Waals surface area (Å²) in [5.41, 5.74) is 5.62. The van der Waals surface area contributed by atoms with Crippen molar-refractivity contribution in [2.75, 3.05) is 0 Å². The van der Waals surface area contributed by atoms with Gasteiger partial charge in [-0.15, -0.1) is 0 Å². The summed E-state index contributed by atoms with van der Waals surface area (Å²) in [5.74, 6) is -2.18. The molecule has 0 aliphatic rings. The van der Waals surface area contributed by atoms with E-state index in [-0.39, 0.29) is 5.92 Å². The topological polar surface area (TPSA) is 122 Å². The maximum absolute atomic E-state index is 11.6. The van der Waals surface area contributed by atoms with Crippen LogP contribution in [-0.4, -0.2) is 41.0 Å². The average molecular weight is 259 g/mol. The molecule has 0 aromatic rings. The summed E-state index contributed by atoms with van der Waals surface area (Å²) < 4.78 is 0. The Bertz CT molecular complexity index is 330. The highest BCUT2D eigenvalue weighted by Crippen LogP contribution is 1.98. The Balaban J connectivity index is 4.32. The number of carboxylic acids is 1. The van der Waals surface area contributed by atoms with Gasteiger partial charge in [-0.3, -0.25) is 14.4 Å². The number of nitrogens with one attached hydrogen (secondary N) is 2. The molecule has 18 heavy (non-hydrogen) atoms. The number of nitrogens with two attached hydrogens (primary N) is 1. The first-order valence-electron chi connectivity index (χ1n) is 5.76. The van der Waals surface area contributed by atoms with Crippen LogP contribution < -0.4 is 16.4 Å². The van der Waals surface area contributed by atoms with Gasteiger partial charge in [-0.25, -0.2) is 0 Å². The van der Waals surface area contributed by atoms with Gasteiger partial charge in [0.15, 0.2) is 0 Å². The number of rotatable bonds is 6. The van der Waals surface area contributed by atoms with E-state index in [1.165, 1.54) is 13.8 Å². The van der Waals surface area contributed by atoms with Gasteiger partial charge in [0.25, 0.3) is 0 Å². The van der Waals surface area contributed by atoms with E-state index in [1.807, 2.05) is 0 Å². The fourth-order valence-electron chi connectivity index (χ4n) is 1.08. The first kappa shape index (κ1) is 16.4. The van der Waals surface area contributed by atoms with E-state index in [1.54, 1.807) is 13.8 Å². The first-order chi connectivity index (χ1) is 8.16. The van der Waals surface area contributed by atoms with E-state index in [0.29, 0.717) is 0 Å². The Morgan fingerprint density at radius 3 is 1.78 bits per heavy atom. The Morgan fingerprint density at radius 1 is 0.944 bits per heavy atom. The Hall–Kier alpha value is -1.63. The van der Waals surface area contributed by atoms with Crippen molar-refractivity contribution in [3.63, 3.8) is 0 Å². The van der Waals surface area contributed by atoms with Crippen molar-refractivity contribution in [1.29, 1.82) is 0 Å². The van der Waals surface area contributed by atoms with Gasteiger partial charge in [-0.2, -0.15) is 0 Å². The SMILES string of the molecule is CC(NC(=O)C(C)NC(=O)C(N)C(C)C)C(=O)O. The summed E-state index contributed by atoms with van der Waals surface area (Å²) in [4.78, 5) is 33.7. The predicted octanol–water partition coefficient (Wildman–Crippen LogP) is -0.936. The smallest absolute Gasteiger partial charge is 0.325 e. The molecule has 0 aliphatic heterocycles. The highest BCUT2D eigenvalue weighted by Gasteiger charge is 2.23. The second-order valence-corrected chi connectivity index (χ2v) is 4.57. The summed E-state index contributed by atoms with van der Waals surface area (Å²) >= 11 is 0. The summed E-state index contributed by atoms with van der Waals surface area (Å²) in [6.45, 7) is 6.40. The number of hydrogen-bond acceptors (Lipinski definition) is 4. The number of aliphatic carboxylic acids is 1. The quantitative estimate of drug-likeness (QED) is 0.490. The van der Waals surface area contributed by atoms with Crippen LogP contribution in [0.4, 0.5) is 0 Å². The highest BCUT2D eigenvalue weighted by molar-refractivity contribution is 5.91. The summed E-state index contributed by atoms with van der Waals surface area (Å²) in [5, 5.41) is 13.3. The second-order valence-electron chi connectivity index (χ2n) is 4.57. The molecule has 0 radical (unpaired) electrons. The fraction of sp³-hybridized carbons (Fsp3) is 0.727. The van der Waals surface area contributed by atoms with Crippen LogP contribution in [0, 0.1) is 5.92 Å². The molecular weight excluding hydrogens is 238 g/mol. The average Bonchev–Trinajstić information content (AvgIpc) is 2.26. The van der Waals surface area contributed by atoms with E-state index in [0.717, 1.165) is 0 Å². The molecular formula is C11H21N3O4. The van der Waals surface area contributed by atoms with Crippen LogP contribution in [0.25, 0.3) is 0 Å². The molecule has 0 bridgehead atoms. The predicted molar refractivity (Wildman–Crippen MR) is 65.7 cm³/mol. The molecule has 7 heteroatoms. The normalized spacial score (nSPS) is 15.7. The van der Waals surface area contributed by atoms with Gasteiger partial charge in [0.1, 0.15) is 12.1 Å². The molecule has 2 amide bonds. The lowest BCUT2D eigenvalue weighted by Crippen LogP contribution is -2.53. The van der Waals surface area contributed by atoms with E-state index in [4.69, 9.17) is 10.8 Å². The van der Waals surface area contributed by atoms with Crippen LogP contribution in [0.1, 0.15) is 27.7 Å². The lowest BCUT2D eigenvalue weighted by atomic mass is 10.0. The van der Waals surface area contributed by atoms with Crippen molar-refractivity contribution in [2.45, 2.75) is 45.8 Å². The van der Waals surface area contributed by atoms with Crippen molar-refractivity contribution in [3.8, 4) is 0 Å². The molecule has 0 heterocycles. The van der Waals surface area contributed by atoms with Crippen LogP contribution in [0.15, 0.2) is 0 Å². The van der Waals surface area contributed by atoms with Crippen LogP contribution in [0.5, 0.6) is 0 Å². The minimum atomic E-state index is -1.14. The molecule has 3 atom stereocenters. The monoisotopic (exact) mass is 259 g/mol. The molecule has 0 aromatic carbocycles. The van der Waals surface area contributed by atoms with Crippen molar-refractivity contribution >= 4 is 17.8 Å². The third kappa shape index (κ3) is 5.13. The number of hydrogen-bond donors (Lipinski definition) is 4. The molecule has 104 valence electrons. The van der Waals surface area contributed by atoms with Crippen molar-refractivity contribution in [3.05, 3.63) is 0 Å². The summed E-state index contributed by atoms with van der Waals surface area (Å²) in [7, 11) is 0. The van der Waals surface area contributed by atoms with Crippen LogP contribution in [0.2, 0.25) is 0 Å². The Kier molecular flexibility index (Phi) is 6.32. The molecule has 7 nitrogen and oxygen atoms in total. The third-order valence-corrected chi connectivity index (χ3v) is 2.50. The van der Waals surface area contributed by atoms with Gasteiger partial charge in [0.05, 0.1) is 6.04 Å². The zero-order valence-electron chi connectivity index (χ0n) is 11.1. The highest BCUT2D eigenvalue weighted by atomic mass is 16.4. The van der Waals surface area contributed by atoms with Crippen molar-refractivity contribution in [2.24, 2.45) is 11.7 Å². The van der Waals surface area contributed by atoms with Gasteiger partial charge in [-0.05, 0) is 19.8 Å². The summed E-state index contributed by atoms with van der Waals surface area (Å²) in [6, 6.07) is -2.53. The summed E-state index contributed by atoms with van der Waals surface area (Å²) in [6.07, 6.45) is 0. The van der Waals surface area contributed by atoms with E-state index in [9.17, 15) is 14.4 Å². The van der Waals surface area contributed by atoms with E-state index >= 15 is 0 Å². The number of carbonyl (C=O) groups excluding carboxylic acids is 2. The molecule has 0 aromatic heterocycles. The third-order valence-electron chi connectivity index (χ3n) is 2.50. The Labute approximate surface area is 106 Å². The molecule has 0 saturated heterocycles. The molecule has 0 saturated carbocycles. The first-order valence-corrected chi connectivity index (χ1v) is 5.76. The fourth-order valence-corrected chi connectivity index (χ4v) is 1.08. The minimum absolute atomic E-state index is 0.0433. The van der Waals surface area contributed by atoms with Crippen LogP contribution in [-0.2, 0) is 14.4 Å². The van der Waals surface area contributed by atoms with Crippen LogP contribution in [0.3, 0.4) is 0 Å². The minimum Gasteiger partial charge on any atom is -0.480 e. The number of carboxylic acid groups (broad SMARTS) is 1. The lowest BCUT2D eigenvalue weighted by Gasteiger charge is -2.20. The maximum atomic E-state index is 11.6.